The van der Waals surface area contributed by atoms with Crippen LogP contribution in [0.15, 0.2) is 23.3 Å². The molecule has 0 radical (unpaired) electrons. The molecule has 0 saturated carbocycles. The molecule has 0 unspecified atom stereocenters. The minimum absolute atomic E-state index is 0.0904. The van der Waals surface area contributed by atoms with Crippen LogP contribution in [0.3, 0.4) is 0 Å². The van der Waals surface area contributed by atoms with E-state index in [2.05, 4.69) is 0 Å². The van der Waals surface area contributed by atoms with E-state index in [1.54, 1.807) is 6.08 Å². The third-order valence-corrected chi connectivity index (χ3v) is 2.49. The molecule has 0 atom stereocenters. The minimum Gasteiger partial charge on any atom is -0.481 e. The van der Waals surface area contributed by atoms with Gasteiger partial charge in [-0.2, -0.15) is 0 Å². The Kier molecular flexibility index (Phi) is 8.62. The van der Waals surface area contributed by atoms with E-state index in [0.717, 1.165) is 24.8 Å². The van der Waals surface area contributed by atoms with Gasteiger partial charge in [-0.25, -0.2) is 0 Å². The molecule has 18 heavy (non-hydrogen) atoms. The zero-order valence-electron chi connectivity index (χ0n) is 11.4. The number of aliphatic carboxylic acids is 1. The van der Waals surface area contributed by atoms with Crippen molar-refractivity contribution in [2.75, 3.05) is 6.61 Å². The number of ether oxygens (including phenoxy) is 1. The van der Waals surface area contributed by atoms with Crippen molar-refractivity contribution in [3.8, 4) is 0 Å². The summed E-state index contributed by atoms with van der Waals surface area (Å²) in [6.07, 6.45) is 6.54. The average molecular weight is 254 g/mol. The van der Waals surface area contributed by atoms with Crippen LogP contribution in [0.2, 0.25) is 0 Å². The molecular formula is C14H22O4. The summed E-state index contributed by atoms with van der Waals surface area (Å²) in [5, 5.41) is 8.52. The molecule has 0 aromatic rings. The highest BCUT2D eigenvalue weighted by atomic mass is 16.5. The van der Waals surface area contributed by atoms with E-state index in [-0.39, 0.29) is 12.4 Å². The van der Waals surface area contributed by atoms with Crippen molar-refractivity contribution in [2.24, 2.45) is 0 Å². The number of carboxylic acids is 1. The number of esters is 1. The Hall–Kier alpha value is -1.58. The van der Waals surface area contributed by atoms with E-state index >= 15 is 0 Å². The first kappa shape index (κ1) is 16.4. The Morgan fingerprint density at radius 3 is 2.11 bits per heavy atom. The molecule has 102 valence electrons. The summed E-state index contributed by atoms with van der Waals surface area (Å²) in [6.45, 7) is 5.66. The maximum atomic E-state index is 10.5. The van der Waals surface area contributed by atoms with Gasteiger partial charge in [-0.3, -0.25) is 9.59 Å². The average Bonchev–Trinajstić information content (AvgIpc) is 2.25. The lowest BCUT2D eigenvalue weighted by Gasteiger charge is -2.03. The molecule has 0 spiro atoms. The number of carboxylic acid groups (broad SMARTS) is 1. The zero-order valence-corrected chi connectivity index (χ0v) is 11.4. The van der Waals surface area contributed by atoms with Crippen LogP contribution in [0, 0.1) is 0 Å². The Morgan fingerprint density at radius 1 is 1.06 bits per heavy atom. The van der Waals surface area contributed by atoms with E-state index in [0.29, 0.717) is 6.61 Å². The fourth-order valence-electron chi connectivity index (χ4n) is 1.41. The molecule has 0 fully saturated rings. The van der Waals surface area contributed by atoms with Crippen LogP contribution in [0.4, 0.5) is 0 Å². The lowest BCUT2D eigenvalue weighted by molar-refractivity contribution is -0.139. The Bertz CT molecular complexity index is 340. The Balaban J connectivity index is 3.79. The van der Waals surface area contributed by atoms with E-state index < -0.39 is 5.97 Å². The third kappa shape index (κ3) is 10.9. The second kappa shape index (κ2) is 9.45. The first-order valence-corrected chi connectivity index (χ1v) is 6.08. The standard InChI is InChI=1S/C14H22O4/c1-11(7-8-14(16)17)5-4-6-12(2)9-10-18-13(3)15/h7,9H,4-6,8,10H2,1-3H3,(H,16,17)/b11-7+,12-9+. The van der Waals surface area contributed by atoms with Crippen LogP contribution in [0.1, 0.15) is 46.5 Å². The summed E-state index contributed by atoms with van der Waals surface area (Å²) in [6, 6.07) is 0. The highest BCUT2D eigenvalue weighted by Crippen LogP contribution is 2.12. The molecule has 0 rings (SSSR count). The van der Waals surface area contributed by atoms with Gasteiger partial charge < -0.3 is 9.84 Å². The van der Waals surface area contributed by atoms with Gasteiger partial charge in [0.15, 0.2) is 0 Å². The summed E-state index contributed by atoms with van der Waals surface area (Å²) in [4.78, 5) is 20.9. The molecule has 1 N–H and O–H groups in total. The molecule has 0 aliphatic heterocycles. The highest BCUT2D eigenvalue weighted by molar-refractivity contribution is 5.68. The van der Waals surface area contributed by atoms with Crippen molar-refractivity contribution < 1.29 is 19.4 Å². The highest BCUT2D eigenvalue weighted by Gasteiger charge is 1.96. The minimum atomic E-state index is -0.799. The van der Waals surface area contributed by atoms with E-state index in [9.17, 15) is 9.59 Å². The van der Waals surface area contributed by atoms with Gasteiger partial charge >= 0.3 is 11.9 Å². The summed E-state index contributed by atoms with van der Waals surface area (Å²) in [5.74, 6) is -1.07. The number of carbonyl (C=O) groups is 2. The van der Waals surface area contributed by atoms with Crippen LogP contribution in [-0.4, -0.2) is 23.7 Å². The number of rotatable bonds is 8. The van der Waals surface area contributed by atoms with Crippen LogP contribution in [0.25, 0.3) is 0 Å². The fraction of sp³-hybridized carbons (Fsp3) is 0.571. The molecule has 0 amide bonds. The lowest BCUT2D eigenvalue weighted by Crippen LogP contribution is -1.98. The van der Waals surface area contributed by atoms with E-state index in [4.69, 9.17) is 9.84 Å². The van der Waals surface area contributed by atoms with Crippen molar-refractivity contribution in [2.45, 2.75) is 46.5 Å². The molecule has 0 saturated heterocycles. The molecule has 4 heteroatoms. The molecule has 0 aliphatic rings. The topological polar surface area (TPSA) is 63.6 Å². The molecule has 0 aromatic heterocycles. The predicted octanol–water partition coefficient (Wildman–Crippen LogP) is 3.09. The van der Waals surface area contributed by atoms with E-state index in [1.807, 2.05) is 19.9 Å². The van der Waals surface area contributed by atoms with Crippen molar-refractivity contribution in [1.82, 2.24) is 0 Å². The molecule has 0 aromatic carbocycles. The van der Waals surface area contributed by atoms with Gasteiger partial charge in [0.25, 0.3) is 0 Å². The molecule has 4 nitrogen and oxygen atoms in total. The van der Waals surface area contributed by atoms with Gasteiger partial charge in [0.2, 0.25) is 0 Å². The second-order valence-electron chi connectivity index (χ2n) is 4.35. The van der Waals surface area contributed by atoms with Gasteiger partial charge in [-0.15, -0.1) is 0 Å². The number of hydrogen-bond acceptors (Lipinski definition) is 3. The lowest BCUT2D eigenvalue weighted by atomic mass is 10.1. The SMILES string of the molecule is CC(=O)OC/C=C(\C)CCC/C(C)=C/CC(=O)O. The molecule has 0 bridgehead atoms. The largest absolute Gasteiger partial charge is 0.481 e. The Labute approximate surface area is 108 Å². The summed E-state index contributed by atoms with van der Waals surface area (Å²) in [5.41, 5.74) is 2.28. The van der Waals surface area contributed by atoms with Gasteiger partial charge in [0.1, 0.15) is 6.61 Å². The summed E-state index contributed by atoms with van der Waals surface area (Å²) < 4.78 is 4.81. The van der Waals surface area contributed by atoms with Crippen molar-refractivity contribution in [3.63, 3.8) is 0 Å². The van der Waals surface area contributed by atoms with Crippen molar-refractivity contribution in [3.05, 3.63) is 23.3 Å². The molecular weight excluding hydrogens is 232 g/mol. The Morgan fingerprint density at radius 2 is 1.61 bits per heavy atom. The number of hydrogen-bond donors (Lipinski definition) is 1. The number of allylic oxidation sites excluding steroid dienone is 2. The maximum absolute atomic E-state index is 10.5. The van der Waals surface area contributed by atoms with E-state index in [1.165, 1.54) is 12.5 Å². The second-order valence-corrected chi connectivity index (χ2v) is 4.35. The fourth-order valence-corrected chi connectivity index (χ4v) is 1.41. The van der Waals surface area contributed by atoms with Crippen LogP contribution >= 0.6 is 0 Å². The molecule has 0 heterocycles. The quantitative estimate of drug-likeness (QED) is 0.534. The third-order valence-electron chi connectivity index (χ3n) is 2.49. The summed E-state index contributed by atoms with van der Waals surface area (Å²) in [7, 11) is 0. The molecule has 0 aliphatic carbocycles. The van der Waals surface area contributed by atoms with Crippen LogP contribution in [0.5, 0.6) is 0 Å². The van der Waals surface area contributed by atoms with Crippen LogP contribution < -0.4 is 0 Å². The summed E-state index contributed by atoms with van der Waals surface area (Å²) >= 11 is 0. The normalized spacial score (nSPS) is 12.4. The smallest absolute Gasteiger partial charge is 0.307 e. The van der Waals surface area contributed by atoms with Gasteiger partial charge in [-0.05, 0) is 39.2 Å². The number of carbonyl (C=O) groups excluding carboxylic acids is 1. The predicted molar refractivity (Wildman–Crippen MR) is 70.3 cm³/mol. The monoisotopic (exact) mass is 254 g/mol. The van der Waals surface area contributed by atoms with Gasteiger partial charge in [0, 0.05) is 6.92 Å². The van der Waals surface area contributed by atoms with Gasteiger partial charge in [-0.1, -0.05) is 17.2 Å². The zero-order chi connectivity index (χ0) is 14.0. The van der Waals surface area contributed by atoms with Gasteiger partial charge in [0.05, 0.1) is 6.42 Å². The van der Waals surface area contributed by atoms with Crippen molar-refractivity contribution in [1.29, 1.82) is 0 Å². The van der Waals surface area contributed by atoms with Crippen molar-refractivity contribution >= 4 is 11.9 Å². The first-order valence-electron chi connectivity index (χ1n) is 6.08. The first-order chi connectivity index (χ1) is 8.41. The van der Waals surface area contributed by atoms with Crippen LogP contribution in [-0.2, 0) is 14.3 Å². The maximum Gasteiger partial charge on any atom is 0.307 e.